The van der Waals surface area contributed by atoms with Gasteiger partial charge in [0.1, 0.15) is 11.6 Å². The maximum atomic E-state index is 12.0. The fourth-order valence-corrected chi connectivity index (χ4v) is 2.43. The first-order valence-corrected chi connectivity index (χ1v) is 7.44. The number of urea groups is 1. The molecule has 1 aliphatic heterocycles. The second-order valence-corrected chi connectivity index (χ2v) is 5.40. The number of aromatic nitrogens is 1. The van der Waals surface area contributed by atoms with E-state index in [1.54, 1.807) is 18.3 Å². The Bertz CT molecular complexity index is 541. The number of halogens is 1. The van der Waals surface area contributed by atoms with Crippen molar-refractivity contribution in [1.29, 1.82) is 0 Å². The van der Waals surface area contributed by atoms with E-state index in [0.717, 1.165) is 0 Å². The Morgan fingerprint density at radius 1 is 1.55 bits per heavy atom. The molecule has 2 N–H and O–H groups in total. The van der Waals surface area contributed by atoms with E-state index in [-0.39, 0.29) is 19.2 Å². The normalized spacial score (nSPS) is 17.9. The smallest absolute Gasteiger partial charge is 0.317 e. The van der Waals surface area contributed by atoms with E-state index >= 15 is 0 Å². The van der Waals surface area contributed by atoms with Crippen LogP contribution in [0.5, 0.6) is 5.88 Å². The second-order valence-electron chi connectivity index (χ2n) is 4.99. The summed E-state index contributed by atoms with van der Waals surface area (Å²) in [6, 6.07) is 3.09. The Hall–Kier alpha value is -2.02. The number of carbonyl (C=O) groups is 2. The summed E-state index contributed by atoms with van der Waals surface area (Å²) in [5, 5.41) is 12.1. The van der Waals surface area contributed by atoms with Crippen LogP contribution in [0.2, 0.25) is 5.02 Å². The zero-order valence-corrected chi connectivity index (χ0v) is 12.8. The number of amides is 2. The molecule has 0 saturated carbocycles. The van der Waals surface area contributed by atoms with Gasteiger partial charge in [-0.25, -0.2) is 9.78 Å². The minimum Gasteiger partial charge on any atom is -0.481 e. The Morgan fingerprint density at radius 2 is 2.36 bits per heavy atom. The van der Waals surface area contributed by atoms with Gasteiger partial charge in [-0.3, -0.25) is 4.79 Å². The van der Waals surface area contributed by atoms with Crippen molar-refractivity contribution in [3.63, 3.8) is 0 Å². The first kappa shape index (κ1) is 16.4. The predicted molar refractivity (Wildman–Crippen MR) is 80.1 cm³/mol. The number of carboxylic acids is 1. The fourth-order valence-electron chi connectivity index (χ4n) is 2.26. The lowest BCUT2D eigenvalue weighted by Gasteiger charge is -2.30. The number of nitrogens with zero attached hydrogens (tertiary/aromatic N) is 2. The van der Waals surface area contributed by atoms with Gasteiger partial charge >= 0.3 is 12.0 Å². The standard InChI is InChI=1S/C14H18ClN3O4/c15-11-4-1-5-16-12(11)22-8-6-17-14(21)18-7-2-3-10(9-18)13(19)20/h1,4-5,10H,2-3,6-9H2,(H,17,21)(H,19,20). The van der Waals surface area contributed by atoms with Gasteiger partial charge in [-0.05, 0) is 25.0 Å². The Balaban J connectivity index is 1.71. The van der Waals surface area contributed by atoms with Crippen LogP contribution in [0.25, 0.3) is 0 Å². The molecule has 2 rings (SSSR count). The average molecular weight is 328 g/mol. The van der Waals surface area contributed by atoms with Gasteiger partial charge in [0, 0.05) is 19.3 Å². The molecule has 1 fully saturated rings. The monoisotopic (exact) mass is 327 g/mol. The SMILES string of the molecule is O=C(O)C1CCCN(C(=O)NCCOc2ncccc2Cl)C1. The average Bonchev–Trinajstić information content (AvgIpc) is 2.53. The molecule has 0 aromatic carbocycles. The van der Waals surface area contributed by atoms with Crippen molar-refractivity contribution in [3.8, 4) is 5.88 Å². The molecular weight excluding hydrogens is 310 g/mol. The van der Waals surface area contributed by atoms with E-state index in [9.17, 15) is 9.59 Å². The van der Waals surface area contributed by atoms with Crippen molar-refractivity contribution in [2.24, 2.45) is 5.92 Å². The molecule has 1 atom stereocenters. The quantitative estimate of drug-likeness (QED) is 0.802. The molecule has 1 aromatic heterocycles. The van der Waals surface area contributed by atoms with Crippen LogP contribution in [0.15, 0.2) is 18.3 Å². The molecule has 1 unspecified atom stereocenters. The van der Waals surface area contributed by atoms with Gasteiger partial charge in [0.2, 0.25) is 5.88 Å². The van der Waals surface area contributed by atoms with E-state index in [4.69, 9.17) is 21.4 Å². The number of hydrogen-bond acceptors (Lipinski definition) is 4. The molecule has 0 spiro atoms. The Labute approximate surface area is 133 Å². The zero-order chi connectivity index (χ0) is 15.9. The summed E-state index contributed by atoms with van der Waals surface area (Å²) in [7, 11) is 0. The minimum atomic E-state index is -0.856. The molecule has 8 heteroatoms. The van der Waals surface area contributed by atoms with Crippen LogP contribution >= 0.6 is 11.6 Å². The molecule has 1 aliphatic rings. The summed E-state index contributed by atoms with van der Waals surface area (Å²) in [6.07, 6.45) is 2.88. The lowest BCUT2D eigenvalue weighted by Crippen LogP contribution is -2.47. The molecule has 120 valence electrons. The van der Waals surface area contributed by atoms with Crippen LogP contribution in [0.3, 0.4) is 0 Å². The number of ether oxygens (including phenoxy) is 1. The lowest BCUT2D eigenvalue weighted by atomic mass is 9.99. The van der Waals surface area contributed by atoms with E-state index in [0.29, 0.717) is 36.8 Å². The van der Waals surface area contributed by atoms with Crippen LogP contribution in [0.4, 0.5) is 4.79 Å². The number of aliphatic carboxylic acids is 1. The Kier molecular flexibility index (Phi) is 5.83. The molecule has 22 heavy (non-hydrogen) atoms. The lowest BCUT2D eigenvalue weighted by molar-refractivity contribution is -0.143. The number of carboxylic acid groups (broad SMARTS) is 1. The van der Waals surface area contributed by atoms with Crippen LogP contribution in [0.1, 0.15) is 12.8 Å². The van der Waals surface area contributed by atoms with Crippen molar-refractivity contribution in [1.82, 2.24) is 15.2 Å². The van der Waals surface area contributed by atoms with Gasteiger partial charge in [-0.1, -0.05) is 11.6 Å². The highest BCUT2D eigenvalue weighted by Crippen LogP contribution is 2.19. The molecule has 1 aromatic rings. The van der Waals surface area contributed by atoms with Crippen molar-refractivity contribution in [3.05, 3.63) is 23.4 Å². The molecule has 2 amide bonds. The molecule has 1 saturated heterocycles. The van der Waals surface area contributed by atoms with Gasteiger partial charge in [0.05, 0.1) is 12.5 Å². The number of hydrogen-bond donors (Lipinski definition) is 2. The number of carbonyl (C=O) groups excluding carboxylic acids is 1. The van der Waals surface area contributed by atoms with Gasteiger partial charge in [0.15, 0.2) is 0 Å². The van der Waals surface area contributed by atoms with Crippen LogP contribution in [-0.2, 0) is 4.79 Å². The minimum absolute atomic E-state index is 0.235. The third-order valence-electron chi connectivity index (χ3n) is 3.40. The topological polar surface area (TPSA) is 91.8 Å². The van der Waals surface area contributed by atoms with E-state index in [1.165, 1.54) is 4.90 Å². The maximum absolute atomic E-state index is 12.0. The Morgan fingerprint density at radius 3 is 3.09 bits per heavy atom. The number of nitrogens with one attached hydrogen (secondary N) is 1. The number of piperidine rings is 1. The molecule has 0 bridgehead atoms. The number of likely N-dealkylation sites (tertiary alicyclic amines) is 1. The summed E-state index contributed by atoms with van der Waals surface area (Å²) in [4.78, 5) is 28.4. The summed E-state index contributed by atoms with van der Waals surface area (Å²) in [6.45, 7) is 1.34. The van der Waals surface area contributed by atoms with Gasteiger partial charge in [-0.15, -0.1) is 0 Å². The van der Waals surface area contributed by atoms with E-state index in [1.807, 2.05) is 0 Å². The molecular formula is C14H18ClN3O4. The van der Waals surface area contributed by atoms with Gasteiger partial charge < -0.3 is 20.1 Å². The highest BCUT2D eigenvalue weighted by atomic mass is 35.5. The first-order valence-electron chi connectivity index (χ1n) is 7.07. The van der Waals surface area contributed by atoms with Gasteiger partial charge in [0.25, 0.3) is 0 Å². The number of rotatable bonds is 5. The molecule has 7 nitrogen and oxygen atoms in total. The largest absolute Gasteiger partial charge is 0.481 e. The second kappa shape index (κ2) is 7.84. The fraction of sp³-hybridized carbons (Fsp3) is 0.500. The van der Waals surface area contributed by atoms with Crippen LogP contribution in [-0.4, -0.2) is 53.2 Å². The molecule has 0 radical (unpaired) electrons. The van der Waals surface area contributed by atoms with Crippen molar-refractivity contribution in [2.45, 2.75) is 12.8 Å². The maximum Gasteiger partial charge on any atom is 0.317 e. The van der Waals surface area contributed by atoms with Gasteiger partial charge in [-0.2, -0.15) is 0 Å². The van der Waals surface area contributed by atoms with Crippen molar-refractivity contribution < 1.29 is 19.4 Å². The third-order valence-corrected chi connectivity index (χ3v) is 3.69. The predicted octanol–water partition coefficient (Wildman–Crippen LogP) is 1.62. The van der Waals surface area contributed by atoms with Crippen LogP contribution in [0, 0.1) is 5.92 Å². The van der Waals surface area contributed by atoms with Crippen LogP contribution < -0.4 is 10.1 Å². The number of pyridine rings is 1. The summed E-state index contributed by atoms with van der Waals surface area (Å²) in [5.74, 6) is -1.02. The zero-order valence-electron chi connectivity index (χ0n) is 12.0. The molecule has 2 heterocycles. The summed E-state index contributed by atoms with van der Waals surface area (Å²) >= 11 is 5.89. The summed E-state index contributed by atoms with van der Waals surface area (Å²) in [5.41, 5.74) is 0. The van der Waals surface area contributed by atoms with Crippen molar-refractivity contribution >= 4 is 23.6 Å². The van der Waals surface area contributed by atoms with E-state index in [2.05, 4.69) is 10.3 Å². The highest BCUT2D eigenvalue weighted by molar-refractivity contribution is 6.31. The first-order chi connectivity index (χ1) is 10.6. The van der Waals surface area contributed by atoms with E-state index < -0.39 is 11.9 Å². The highest BCUT2D eigenvalue weighted by Gasteiger charge is 2.27. The third kappa shape index (κ3) is 4.49. The van der Waals surface area contributed by atoms with Crippen molar-refractivity contribution in [2.75, 3.05) is 26.2 Å². The molecule has 0 aliphatic carbocycles. The summed E-state index contributed by atoms with van der Waals surface area (Å²) < 4.78 is 5.36.